The van der Waals surface area contributed by atoms with Crippen LogP contribution in [0.25, 0.3) is 6.08 Å². The van der Waals surface area contributed by atoms with E-state index in [0.717, 1.165) is 5.56 Å². The summed E-state index contributed by atoms with van der Waals surface area (Å²) in [7, 11) is 4.66. The van der Waals surface area contributed by atoms with Crippen LogP contribution in [-0.4, -0.2) is 33.4 Å². The molecule has 2 rings (SSSR count). The van der Waals surface area contributed by atoms with Gasteiger partial charge in [0, 0.05) is 12.0 Å². The first kappa shape index (κ1) is 14.2. The van der Waals surface area contributed by atoms with Gasteiger partial charge in [0.15, 0.2) is 11.5 Å². The second-order valence-electron chi connectivity index (χ2n) is 4.55. The number of methoxy groups -OCH3 is 3. The Labute approximate surface area is 118 Å². The van der Waals surface area contributed by atoms with Crippen LogP contribution < -0.4 is 14.2 Å². The number of hydrogen-bond donors (Lipinski definition) is 0. The van der Waals surface area contributed by atoms with Crippen molar-refractivity contribution in [1.29, 1.82) is 0 Å². The molecule has 1 aromatic rings. The summed E-state index contributed by atoms with van der Waals surface area (Å²) < 4.78 is 20.9. The molecule has 1 aliphatic rings. The first-order valence-electron chi connectivity index (χ1n) is 6.30. The molecule has 1 aliphatic heterocycles. The highest BCUT2D eigenvalue weighted by atomic mass is 16.5. The average molecular weight is 278 g/mol. The van der Waals surface area contributed by atoms with Crippen molar-refractivity contribution in [3.63, 3.8) is 0 Å². The molecule has 0 radical (unpaired) electrons. The Balaban J connectivity index is 2.43. The van der Waals surface area contributed by atoms with Crippen LogP contribution in [0, 0.1) is 0 Å². The Morgan fingerprint density at radius 1 is 1.15 bits per heavy atom. The first-order valence-corrected chi connectivity index (χ1v) is 6.30. The van der Waals surface area contributed by atoms with E-state index >= 15 is 0 Å². The number of ether oxygens (including phenoxy) is 4. The molecule has 5 nitrogen and oxygen atoms in total. The summed E-state index contributed by atoms with van der Waals surface area (Å²) in [5.41, 5.74) is 1.45. The molecule has 0 spiro atoms. The van der Waals surface area contributed by atoms with E-state index in [1.165, 1.54) is 0 Å². The molecule has 1 heterocycles. The SMILES string of the molecule is COc1cc(/C=C2\CC(C)OC2=O)cc(OC)c1OC. The number of benzene rings is 1. The van der Waals surface area contributed by atoms with E-state index in [-0.39, 0.29) is 12.1 Å². The lowest BCUT2D eigenvalue weighted by atomic mass is 10.1. The summed E-state index contributed by atoms with van der Waals surface area (Å²) in [4.78, 5) is 11.6. The Morgan fingerprint density at radius 2 is 1.75 bits per heavy atom. The molecule has 1 fully saturated rings. The van der Waals surface area contributed by atoms with Gasteiger partial charge in [0.25, 0.3) is 0 Å². The molecule has 1 unspecified atom stereocenters. The molecular formula is C15H18O5. The maximum Gasteiger partial charge on any atom is 0.334 e. The van der Waals surface area contributed by atoms with Crippen molar-refractivity contribution in [2.75, 3.05) is 21.3 Å². The first-order chi connectivity index (χ1) is 9.58. The van der Waals surface area contributed by atoms with Gasteiger partial charge in [-0.15, -0.1) is 0 Å². The Kier molecular flexibility index (Phi) is 4.17. The third-order valence-corrected chi connectivity index (χ3v) is 3.11. The van der Waals surface area contributed by atoms with Crippen molar-refractivity contribution >= 4 is 12.0 Å². The monoisotopic (exact) mass is 278 g/mol. The highest BCUT2D eigenvalue weighted by molar-refractivity contribution is 5.95. The van der Waals surface area contributed by atoms with Gasteiger partial charge in [0.1, 0.15) is 6.10 Å². The van der Waals surface area contributed by atoms with Crippen LogP contribution in [0.1, 0.15) is 18.9 Å². The molecule has 0 bridgehead atoms. The van der Waals surface area contributed by atoms with Gasteiger partial charge >= 0.3 is 5.97 Å². The van der Waals surface area contributed by atoms with E-state index in [0.29, 0.717) is 29.2 Å². The molecule has 1 aromatic carbocycles. The zero-order valence-corrected chi connectivity index (χ0v) is 12.1. The van der Waals surface area contributed by atoms with Crippen LogP contribution in [0.3, 0.4) is 0 Å². The topological polar surface area (TPSA) is 54.0 Å². The van der Waals surface area contributed by atoms with Crippen LogP contribution in [0.5, 0.6) is 17.2 Å². The molecule has 0 aliphatic carbocycles. The number of cyclic esters (lactones) is 1. The highest BCUT2D eigenvalue weighted by Crippen LogP contribution is 2.39. The summed E-state index contributed by atoms with van der Waals surface area (Å²) in [5, 5.41) is 0. The zero-order chi connectivity index (χ0) is 14.7. The van der Waals surface area contributed by atoms with E-state index in [4.69, 9.17) is 18.9 Å². The average Bonchev–Trinajstić information content (AvgIpc) is 2.75. The van der Waals surface area contributed by atoms with Gasteiger partial charge in [-0.2, -0.15) is 0 Å². The lowest BCUT2D eigenvalue weighted by molar-refractivity contribution is -0.138. The Morgan fingerprint density at radius 3 is 2.15 bits per heavy atom. The van der Waals surface area contributed by atoms with E-state index in [1.54, 1.807) is 39.5 Å². The minimum absolute atomic E-state index is 0.0733. The van der Waals surface area contributed by atoms with Gasteiger partial charge in [-0.1, -0.05) is 0 Å². The highest BCUT2D eigenvalue weighted by Gasteiger charge is 2.25. The van der Waals surface area contributed by atoms with Crippen molar-refractivity contribution in [2.45, 2.75) is 19.4 Å². The van der Waals surface area contributed by atoms with Gasteiger partial charge in [-0.3, -0.25) is 0 Å². The molecule has 5 heteroatoms. The number of carbonyl (C=O) groups excluding carboxylic acids is 1. The van der Waals surface area contributed by atoms with Gasteiger partial charge in [0.05, 0.1) is 21.3 Å². The van der Waals surface area contributed by atoms with Crippen molar-refractivity contribution in [2.24, 2.45) is 0 Å². The molecule has 0 amide bonds. The van der Waals surface area contributed by atoms with Crippen molar-refractivity contribution in [3.8, 4) is 17.2 Å². The fourth-order valence-corrected chi connectivity index (χ4v) is 2.20. The molecule has 1 saturated heterocycles. The molecule has 0 saturated carbocycles. The minimum atomic E-state index is -0.272. The summed E-state index contributed by atoms with van der Waals surface area (Å²) in [6.45, 7) is 1.87. The summed E-state index contributed by atoms with van der Waals surface area (Å²) in [5.74, 6) is 1.36. The van der Waals surface area contributed by atoms with Crippen molar-refractivity contribution in [1.82, 2.24) is 0 Å². The third kappa shape index (κ3) is 2.71. The molecule has 0 aromatic heterocycles. The summed E-state index contributed by atoms with van der Waals surface area (Å²) in [6, 6.07) is 3.59. The van der Waals surface area contributed by atoms with Crippen LogP contribution in [0.2, 0.25) is 0 Å². The van der Waals surface area contributed by atoms with E-state index in [2.05, 4.69) is 0 Å². The second-order valence-corrected chi connectivity index (χ2v) is 4.55. The van der Waals surface area contributed by atoms with Gasteiger partial charge in [-0.25, -0.2) is 4.79 Å². The van der Waals surface area contributed by atoms with Crippen LogP contribution >= 0.6 is 0 Å². The molecular weight excluding hydrogens is 260 g/mol. The van der Waals surface area contributed by atoms with E-state index in [9.17, 15) is 4.79 Å². The smallest absolute Gasteiger partial charge is 0.334 e. The van der Waals surface area contributed by atoms with Crippen LogP contribution in [0.15, 0.2) is 17.7 Å². The van der Waals surface area contributed by atoms with Gasteiger partial charge < -0.3 is 18.9 Å². The maximum atomic E-state index is 11.6. The van der Waals surface area contributed by atoms with Crippen molar-refractivity contribution < 1.29 is 23.7 Å². The number of hydrogen-bond acceptors (Lipinski definition) is 5. The largest absolute Gasteiger partial charge is 0.493 e. The number of esters is 1. The zero-order valence-electron chi connectivity index (χ0n) is 12.1. The molecule has 20 heavy (non-hydrogen) atoms. The molecule has 108 valence electrons. The van der Waals surface area contributed by atoms with Gasteiger partial charge in [-0.05, 0) is 30.7 Å². The fourth-order valence-electron chi connectivity index (χ4n) is 2.20. The molecule has 1 atom stereocenters. The van der Waals surface area contributed by atoms with Gasteiger partial charge in [0.2, 0.25) is 5.75 Å². The quantitative estimate of drug-likeness (QED) is 0.625. The predicted octanol–water partition coefficient (Wildman–Crippen LogP) is 2.43. The molecule has 0 N–H and O–H groups in total. The Bertz CT molecular complexity index is 522. The third-order valence-electron chi connectivity index (χ3n) is 3.11. The normalized spacial score (nSPS) is 19.9. The predicted molar refractivity (Wildman–Crippen MR) is 74.2 cm³/mol. The lowest BCUT2D eigenvalue weighted by Crippen LogP contribution is -1.99. The standard InChI is InChI=1S/C15H18O5/c1-9-5-11(15(16)20-9)6-10-7-12(17-2)14(19-4)13(8-10)18-3/h6-9H,5H2,1-4H3/b11-6+. The fraction of sp³-hybridized carbons (Fsp3) is 0.400. The van der Waals surface area contributed by atoms with E-state index < -0.39 is 0 Å². The number of carbonyl (C=O) groups is 1. The van der Waals surface area contributed by atoms with E-state index in [1.807, 2.05) is 6.92 Å². The van der Waals surface area contributed by atoms with Crippen molar-refractivity contribution in [3.05, 3.63) is 23.3 Å². The second kappa shape index (κ2) is 5.86. The summed E-state index contributed by atoms with van der Waals surface area (Å²) >= 11 is 0. The van der Waals surface area contributed by atoms with Crippen LogP contribution in [0.4, 0.5) is 0 Å². The minimum Gasteiger partial charge on any atom is -0.493 e. The maximum absolute atomic E-state index is 11.6. The number of rotatable bonds is 4. The lowest BCUT2D eigenvalue weighted by Gasteiger charge is -2.13. The summed E-state index contributed by atoms with van der Waals surface area (Å²) in [6.07, 6.45) is 2.32. The Hall–Kier alpha value is -2.17. The van der Waals surface area contributed by atoms with Crippen LogP contribution in [-0.2, 0) is 9.53 Å².